The van der Waals surface area contributed by atoms with E-state index in [1.165, 1.54) is 11.8 Å². The summed E-state index contributed by atoms with van der Waals surface area (Å²) in [6.07, 6.45) is 0.628. The molecule has 0 fully saturated rings. The van der Waals surface area contributed by atoms with Crippen molar-refractivity contribution in [3.05, 3.63) is 100 Å². The van der Waals surface area contributed by atoms with E-state index in [0.29, 0.717) is 55.3 Å². The van der Waals surface area contributed by atoms with Crippen LogP contribution < -0.4 is 4.90 Å². The van der Waals surface area contributed by atoms with Gasteiger partial charge in [0.05, 0.1) is 16.3 Å². The van der Waals surface area contributed by atoms with Crippen molar-refractivity contribution in [2.45, 2.75) is 26.4 Å². The van der Waals surface area contributed by atoms with Crippen molar-refractivity contribution >= 4 is 29.1 Å². The Morgan fingerprint density at radius 1 is 0.889 bits per heavy atom. The van der Waals surface area contributed by atoms with Crippen molar-refractivity contribution in [3.8, 4) is 0 Å². The van der Waals surface area contributed by atoms with Crippen molar-refractivity contribution < 1.29 is 18.4 Å². The zero-order valence-corrected chi connectivity index (χ0v) is 20.8. The first-order valence-electron chi connectivity index (χ1n) is 11.9. The number of amides is 2. The third kappa shape index (κ3) is 6.09. The van der Waals surface area contributed by atoms with Crippen LogP contribution in [0.4, 0.5) is 14.5 Å². The number of nitrogens with zero attached hydrogens (tertiary/aromatic N) is 3. The quantitative estimate of drug-likeness (QED) is 0.465. The van der Waals surface area contributed by atoms with Gasteiger partial charge in [-0.2, -0.15) is 0 Å². The summed E-state index contributed by atoms with van der Waals surface area (Å²) in [6.45, 7) is 3.98. The number of benzene rings is 3. The Morgan fingerprint density at radius 3 is 2.31 bits per heavy atom. The molecule has 2 amide bonds. The molecule has 0 atom stereocenters. The number of carbonyl (C=O) groups excluding carboxylic acids is 2. The Kier molecular flexibility index (Phi) is 8.33. The third-order valence-corrected chi connectivity index (χ3v) is 6.67. The second-order valence-corrected chi connectivity index (χ2v) is 9.29. The molecule has 8 heteroatoms. The Labute approximate surface area is 214 Å². The fourth-order valence-corrected chi connectivity index (χ4v) is 4.71. The van der Waals surface area contributed by atoms with Crippen LogP contribution in [0.2, 0.25) is 5.02 Å². The Balaban J connectivity index is 1.73. The summed E-state index contributed by atoms with van der Waals surface area (Å²) in [7, 11) is 0. The van der Waals surface area contributed by atoms with Crippen LogP contribution in [0.3, 0.4) is 0 Å². The summed E-state index contributed by atoms with van der Waals surface area (Å²) < 4.78 is 28.6. The maximum Gasteiger partial charge on any atom is 0.255 e. The molecule has 188 valence electrons. The molecule has 36 heavy (non-hydrogen) atoms. The van der Waals surface area contributed by atoms with E-state index in [4.69, 9.17) is 11.6 Å². The fourth-order valence-electron chi connectivity index (χ4n) is 4.49. The lowest BCUT2D eigenvalue weighted by Crippen LogP contribution is -2.38. The average molecular weight is 512 g/mol. The molecule has 1 aliphatic rings. The van der Waals surface area contributed by atoms with Crippen LogP contribution in [0.25, 0.3) is 0 Å². The average Bonchev–Trinajstić information content (AvgIpc) is 2.89. The Bertz CT molecular complexity index is 1240. The minimum atomic E-state index is -1.04. The predicted molar refractivity (Wildman–Crippen MR) is 137 cm³/mol. The van der Waals surface area contributed by atoms with E-state index >= 15 is 0 Å². The van der Waals surface area contributed by atoms with Gasteiger partial charge in [-0.05, 0) is 35.7 Å². The maximum atomic E-state index is 14.3. The van der Waals surface area contributed by atoms with Gasteiger partial charge in [-0.3, -0.25) is 14.5 Å². The number of hydrogen-bond acceptors (Lipinski definition) is 3. The molecule has 0 radical (unpaired) electrons. The fraction of sp³-hybridized carbons (Fsp3) is 0.286. The first-order chi connectivity index (χ1) is 17.3. The van der Waals surface area contributed by atoms with E-state index in [2.05, 4.69) is 4.90 Å². The van der Waals surface area contributed by atoms with Crippen molar-refractivity contribution in [2.75, 3.05) is 31.1 Å². The number of carbonyl (C=O) groups is 2. The molecule has 0 saturated carbocycles. The molecule has 1 aliphatic heterocycles. The molecule has 0 aliphatic carbocycles. The van der Waals surface area contributed by atoms with Gasteiger partial charge in [0.25, 0.3) is 5.91 Å². The lowest BCUT2D eigenvalue weighted by Gasteiger charge is -2.28. The smallest absolute Gasteiger partial charge is 0.255 e. The van der Waals surface area contributed by atoms with Gasteiger partial charge in [0.1, 0.15) is 0 Å². The highest BCUT2D eigenvalue weighted by Crippen LogP contribution is 2.28. The third-order valence-electron chi connectivity index (χ3n) is 6.34. The highest BCUT2D eigenvalue weighted by Gasteiger charge is 2.25. The number of rotatable bonds is 3. The van der Waals surface area contributed by atoms with E-state index in [0.717, 1.165) is 17.7 Å². The zero-order valence-electron chi connectivity index (χ0n) is 20.1. The molecule has 0 saturated heterocycles. The molecule has 3 aromatic carbocycles. The van der Waals surface area contributed by atoms with Crippen LogP contribution in [0.15, 0.2) is 66.7 Å². The summed E-state index contributed by atoms with van der Waals surface area (Å²) in [5.41, 5.74) is 2.10. The highest BCUT2D eigenvalue weighted by molar-refractivity contribution is 6.33. The molecule has 5 nitrogen and oxygen atoms in total. The van der Waals surface area contributed by atoms with Crippen LogP contribution >= 0.6 is 11.6 Å². The SMILES string of the molecule is CC(=O)N1CCCN(Cc2ccccc2)CCN(C(=O)c2ccccc2Cl)Cc2cc(F)c(F)cc21. The first kappa shape index (κ1) is 25.8. The minimum absolute atomic E-state index is 0.000450. The van der Waals surface area contributed by atoms with Crippen LogP contribution in [0.5, 0.6) is 0 Å². The monoisotopic (exact) mass is 511 g/mol. The van der Waals surface area contributed by atoms with Crippen LogP contribution in [-0.2, 0) is 17.9 Å². The van der Waals surface area contributed by atoms with Gasteiger partial charge >= 0.3 is 0 Å². The molecule has 0 bridgehead atoms. The highest BCUT2D eigenvalue weighted by atomic mass is 35.5. The first-order valence-corrected chi connectivity index (χ1v) is 12.3. The van der Waals surface area contributed by atoms with E-state index in [1.807, 2.05) is 30.3 Å². The summed E-state index contributed by atoms with van der Waals surface area (Å²) in [5, 5.41) is 0.314. The Morgan fingerprint density at radius 2 is 1.58 bits per heavy atom. The standard InChI is InChI=1S/C28H28ClF2N3O2/c1-20(35)34-13-7-12-32(18-21-8-3-2-4-9-21)14-15-33(28(36)23-10-5-6-11-24(23)29)19-22-16-25(30)26(31)17-27(22)34/h2-6,8-11,16-17H,7,12-15,18-19H2,1H3. The van der Waals surface area contributed by atoms with E-state index in [-0.39, 0.29) is 24.0 Å². The largest absolute Gasteiger partial charge is 0.333 e. The molecule has 0 spiro atoms. The molecule has 0 N–H and O–H groups in total. The van der Waals surface area contributed by atoms with Gasteiger partial charge in [-0.25, -0.2) is 8.78 Å². The van der Waals surface area contributed by atoms with Gasteiger partial charge in [-0.15, -0.1) is 0 Å². The van der Waals surface area contributed by atoms with E-state index in [9.17, 15) is 18.4 Å². The van der Waals surface area contributed by atoms with Crippen LogP contribution in [-0.4, -0.2) is 47.8 Å². The van der Waals surface area contributed by atoms with Gasteiger partial charge in [0, 0.05) is 52.3 Å². The Hall–Kier alpha value is -3.29. The summed E-state index contributed by atoms with van der Waals surface area (Å²) in [4.78, 5) is 31.4. The van der Waals surface area contributed by atoms with Crippen molar-refractivity contribution in [2.24, 2.45) is 0 Å². The molecular formula is C28H28ClF2N3O2. The second-order valence-electron chi connectivity index (χ2n) is 8.89. The normalized spacial score (nSPS) is 15.2. The van der Waals surface area contributed by atoms with Crippen molar-refractivity contribution in [1.82, 2.24) is 9.80 Å². The molecule has 3 aromatic rings. The van der Waals surface area contributed by atoms with Crippen LogP contribution in [0, 0.1) is 11.6 Å². The predicted octanol–water partition coefficient (Wildman–Crippen LogP) is 5.52. The summed E-state index contributed by atoms with van der Waals surface area (Å²) in [5.74, 6) is -2.66. The van der Waals surface area contributed by atoms with E-state index < -0.39 is 11.6 Å². The van der Waals surface area contributed by atoms with Gasteiger partial charge in [0.15, 0.2) is 11.6 Å². The zero-order chi connectivity index (χ0) is 25.7. The molecule has 4 rings (SSSR count). The van der Waals surface area contributed by atoms with Gasteiger partial charge in [-0.1, -0.05) is 54.1 Å². The molecule has 0 aromatic heterocycles. The van der Waals surface area contributed by atoms with Gasteiger partial charge < -0.3 is 9.80 Å². The number of fused-ring (bicyclic) bond motifs is 1. The number of halogens is 3. The van der Waals surface area contributed by atoms with E-state index in [1.54, 1.807) is 29.2 Å². The lowest BCUT2D eigenvalue weighted by molar-refractivity contribution is -0.116. The van der Waals surface area contributed by atoms with Gasteiger partial charge in [0.2, 0.25) is 5.91 Å². The lowest BCUT2D eigenvalue weighted by atomic mass is 10.1. The topological polar surface area (TPSA) is 43.9 Å². The van der Waals surface area contributed by atoms with Crippen LogP contribution in [0.1, 0.15) is 34.8 Å². The number of anilines is 1. The van der Waals surface area contributed by atoms with Crippen molar-refractivity contribution in [3.63, 3.8) is 0 Å². The number of hydrogen-bond donors (Lipinski definition) is 0. The molecule has 0 unspecified atom stereocenters. The minimum Gasteiger partial charge on any atom is -0.333 e. The maximum absolute atomic E-state index is 14.3. The van der Waals surface area contributed by atoms with Crippen molar-refractivity contribution in [1.29, 1.82) is 0 Å². The molecule has 1 heterocycles. The second kappa shape index (κ2) is 11.6. The molecular weight excluding hydrogens is 484 g/mol. The summed E-state index contributed by atoms with van der Waals surface area (Å²) in [6, 6.07) is 18.9. The summed E-state index contributed by atoms with van der Waals surface area (Å²) >= 11 is 6.32.